The van der Waals surface area contributed by atoms with E-state index in [4.69, 9.17) is 13.7 Å². The first kappa shape index (κ1) is 38.7. The summed E-state index contributed by atoms with van der Waals surface area (Å²) in [5.74, 6) is -2.37. The van der Waals surface area contributed by atoms with Gasteiger partial charge in [0.1, 0.15) is 34.5 Å². The molecule has 0 radical (unpaired) electrons. The van der Waals surface area contributed by atoms with Crippen LogP contribution >= 0.6 is 0 Å². The molecule has 0 saturated carbocycles. The molecule has 4 aromatic rings. The summed E-state index contributed by atoms with van der Waals surface area (Å²) in [7, 11) is -3.46. The molecule has 3 nitrogen and oxygen atoms in total. The second-order valence-corrected chi connectivity index (χ2v) is 20.0. The Balaban J connectivity index is 1.85. The van der Waals surface area contributed by atoms with Crippen molar-refractivity contribution in [2.45, 2.75) is 101 Å². The summed E-state index contributed by atoms with van der Waals surface area (Å²) in [6.07, 6.45) is 2.98. The van der Waals surface area contributed by atoms with Gasteiger partial charge in [0.25, 0.3) is 0 Å². The van der Waals surface area contributed by atoms with Gasteiger partial charge >= 0.3 is 7.12 Å². The van der Waals surface area contributed by atoms with Crippen LogP contribution in [0.25, 0.3) is 0 Å². The van der Waals surface area contributed by atoms with Crippen LogP contribution in [0.1, 0.15) is 83.6 Å². The van der Waals surface area contributed by atoms with Gasteiger partial charge < -0.3 is 13.7 Å². The van der Waals surface area contributed by atoms with Crippen LogP contribution in [-0.4, -0.2) is 21.5 Å². The molecule has 4 aromatic carbocycles. The first-order chi connectivity index (χ1) is 24.3. The Morgan fingerprint density at radius 1 is 0.608 bits per heavy atom. The lowest BCUT2D eigenvalue weighted by atomic mass is 9.66. The van der Waals surface area contributed by atoms with Crippen LogP contribution in [0, 0.1) is 23.3 Å². The van der Waals surface area contributed by atoms with Crippen molar-refractivity contribution < 1.29 is 31.3 Å². The summed E-state index contributed by atoms with van der Waals surface area (Å²) in [5.41, 5.74) is -0.343. The molecule has 0 N–H and O–H groups in total. The first-order valence-corrected chi connectivity index (χ1v) is 20.1. The highest BCUT2D eigenvalue weighted by Gasteiger charge is 2.67. The lowest BCUT2D eigenvalue weighted by Gasteiger charge is -2.46. The Bertz CT molecular complexity index is 1530. The summed E-state index contributed by atoms with van der Waals surface area (Å²) in [6.45, 7) is 19.8. The van der Waals surface area contributed by atoms with Crippen LogP contribution in [0.5, 0.6) is 0 Å². The van der Waals surface area contributed by atoms with E-state index in [2.05, 4.69) is 55.0 Å². The molecule has 1 saturated heterocycles. The number of hydrogen-bond acceptors (Lipinski definition) is 3. The second-order valence-electron chi connectivity index (χ2n) is 14.6. The van der Waals surface area contributed by atoms with Gasteiger partial charge in [-0.15, -0.1) is 6.58 Å². The molecule has 1 aliphatic rings. The van der Waals surface area contributed by atoms with Crippen LogP contribution in [-0.2, 0) is 24.9 Å². The fourth-order valence-electron chi connectivity index (χ4n) is 8.58. The van der Waals surface area contributed by atoms with Crippen LogP contribution < -0.4 is 0 Å². The summed E-state index contributed by atoms with van der Waals surface area (Å²) < 4.78 is 80.8. The van der Waals surface area contributed by atoms with Gasteiger partial charge in [-0.25, -0.2) is 17.6 Å². The van der Waals surface area contributed by atoms with Gasteiger partial charge in [0, 0.05) is 11.9 Å². The number of halogens is 4. The molecule has 270 valence electrons. The normalized spacial score (nSPS) is 16.9. The molecule has 1 fully saturated rings. The zero-order chi connectivity index (χ0) is 37.1. The average molecular weight is 717 g/mol. The number of hydrogen-bond donors (Lipinski definition) is 0. The minimum atomic E-state index is -2.44. The third-order valence-electron chi connectivity index (χ3n) is 10.7. The molecule has 9 heteroatoms. The minimum absolute atomic E-state index is 0.308. The maximum atomic E-state index is 14.7. The number of benzene rings is 4. The standard InChI is InChI=1S/C42H49BF4O3Si/c1-9-11-40(48-51(28(3)4,29(5)6)30(7)8)39(10-2)43-49-41(31-12-20-35(44)21-13-31,32-14-22-36(45)23-15-32)42(50-43,33-16-24-37(46)25-17-33)34-18-26-38(47)27-19-34/h10,12-30,39-40H,2,9,11H2,1,3-8H3/t39-,40+/m1/s1. The maximum absolute atomic E-state index is 14.7. The van der Waals surface area contributed by atoms with Gasteiger partial charge in [-0.2, -0.15) is 0 Å². The Hall–Kier alpha value is -3.50. The predicted octanol–water partition coefficient (Wildman–Crippen LogP) is 11.9. The zero-order valence-electron chi connectivity index (χ0n) is 30.6. The van der Waals surface area contributed by atoms with Crippen molar-refractivity contribution in [3.05, 3.63) is 155 Å². The quantitative estimate of drug-likeness (QED) is 0.0739. The average Bonchev–Trinajstić information content (AvgIpc) is 3.45. The van der Waals surface area contributed by atoms with Crippen molar-refractivity contribution >= 4 is 15.4 Å². The predicted molar refractivity (Wildman–Crippen MR) is 200 cm³/mol. The molecule has 0 spiro atoms. The van der Waals surface area contributed by atoms with Gasteiger partial charge in [-0.3, -0.25) is 0 Å². The molecule has 2 atom stereocenters. The Kier molecular flexibility index (Phi) is 11.9. The molecule has 0 aliphatic carbocycles. The van der Waals surface area contributed by atoms with E-state index in [1.807, 2.05) is 6.08 Å². The maximum Gasteiger partial charge on any atom is 0.468 e. The van der Waals surface area contributed by atoms with E-state index in [-0.39, 0.29) is 6.10 Å². The van der Waals surface area contributed by atoms with E-state index in [0.717, 1.165) is 6.42 Å². The number of rotatable bonds is 14. The van der Waals surface area contributed by atoms with E-state index in [9.17, 15) is 17.6 Å². The van der Waals surface area contributed by atoms with E-state index >= 15 is 0 Å². The molecule has 0 aromatic heterocycles. The van der Waals surface area contributed by atoms with E-state index < -0.39 is 55.7 Å². The Labute approximate surface area is 302 Å². The lowest BCUT2D eigenvalue weighted by Crippen LogP contribution is -2.52. The third-order valence-corrected chi connectivity index (χ3v) is 16.9. The van der Waals surface area contributed by atoms with Crippen molar-refractivity contribution in [3.8, 4) is 0 Å². The molecular formula is C42H49BF4O3Si. The smallest absolute Gasteiger partial charge is 0.413 e. The summed E-state index contributed by atoms with van der Waals surface area (Å²) in [6, 6.07) is 23.6. The topological polar surface area (TPSA) is 27.7 Å². The molecule has 51 heavy (non-hydrogen) atoms. The van der Waals surface area contributed by atoms with Gasteiger partial charge in [-0.1, -0.05) is 109 Å². The van der Waals surface area contributed by atoms with Gasteiger partial charge in [0.2, 0.25) is 8.32 Å². The minimum Gasteiger partial charge on any atom is -0.413 e. The highest BCUT2D eigenvalue weighted by molar-refractivity contribution is 6.77. The monoisotopic (exact) mass is 716 g/mol. The largest absolute Gasteiger partial charge is 0.468 e. The highest BCUT2D eigenvalue weighted by Crippen LogP contribution is 2.61. The third kappa shape index (κ3) is 6.90. The van der Waals surface area contributed by atoms with Crippen LogP contribution in [0.3, 0.4) is 0 Å². The Morgan fingerprint density at radius 2 is 0.902 bits per heavy atom. The van der Waals surface area contributed by atoms with Crippen molar-refractivity contribution in [1.82, 2.24) is 0 Å². The highest BCUT2D eigenvalue weighted by atomic mass is 28.4. The van der Waals surface area contributed by atoms with Crippen molar-refractivity contribution in [3.63, 3.8) is 0 Å². The summed E-state index contributed by atoms with van der Waals surface area (Å²) >= 11 is 0. The molecule has 1 aliphatic heterocycles. The van der Waals surface area contributed by atoms with E-state index in [1.165, 1.54) is 48.5 Å². The molecule has 0 amide bonds. The molecular weight excluding hydrogens is 667 g/mol. The zero-order valence-corrected chi connectivity index (χ0v) is 31.6. The van der Waals surface area contributed by atoms with Crippen molar-refractivity contribution in [1.29, 1.82) is 0 Å². The lowest BCUT2D eigenvalue weighted by molar-refractivity contribution is 0.00351. The van der Waals surface area contributed by atoms with E-state index in [1.54, 1.807) is 48.5 Å². The van der Waals surface area contributed by atoms with Crippen LogP contribution in [0.4, 0.5) is 17.6 Å². The second kappa shape index (κ2) is 15.6. The van der Waals surface area contributed by atoms with Crippen molar-refractivity contribution in [2.75, 3.05) is 0 Å². The molecule has 1 heterocycles. The van der Waals surface area contributed by atoms with Crippen LogP contribution in [0.15, 0.2) is 110 Å². The summed E-state index contributed by atoms with van der Waals surface area (Å²) in [5, 5.41) is 0. The summed E-state index contributed by atoms with van der Waals surface area (Å²) in [4.78, 5) is 0. The SMILES string of the molecule is C=C[C@@H](B1OC(c2ccc(F)cc2)(c2ccc(F)cc2)C(c2ccc(F)cc2)(c2ccc(F)cc2)O1)[C@H](CCC)O[Si](C(C)C)(C(C)C)C(C)C. The molecule has 0 unspecified atom stereocenters. The molecule has 5 rings (SSSR count). The molecule has 0 bridgehead atoms. The Morgan fingerprint density at radius 3 is 1.14 bits per heavy atom. The van der Waals surface area contributed by atoms with Crippen LogP contribution in [0.2, 0.25) is 22.4 Å². The first-order valence-electron chi connectivity index (χ1n) is 18.0. The van der Waals surface area contributed by atoms with E-state index in [0.29, 0.717) is 45.3 Å². The fraction of sp³-hybridized carbons (Fsp3) is 0.381. The van der Waals surface area contributed by atoms with Crippen molar-refractivity contribution in [2.24, 2.45) is 0 Å². The fourth-order valence-corrected chi connectivity index (χ4v) is 14.2. The van der Waals surface area contributed by atoms with Gasteiger partial charge in [0.05, 0.1) is 0 Å². The van der Waals surface area contributed by atoms with Gasteiger partial charge in [-0.05, 0) is 93.8 Å². The van der Waals surface area contributed by atoms with Gasteiger partial charge in [0.15, 0.2) is 0 Å².